The minimum Gasteiger partial charge on any atom is -0.384 e. The highest BCUT2D eigenvalue weighted by atomic mass is 32.2. The van der Waals surface area contributed by atoms with Gasteiger partial charge in [-0.1, -0.05) is 44.5 Å². The van der Waals surface area contributed by atoms with Crippen molar-refractivity contribution in [2.75, 3.05) is 5.75 Å². The van der Waals surface area contributed by atoms with Crippen LogP contribution in [-0.2, 0) is 5.75 Å². The van der Waals surface area contributed by atoms with Crippen molar-refractivity contribution in [1.82, 2.24) is 0 Å². The quantitative estimate of drug-likeness (QED) is 0.588. The zero-order valence-electron chi connectivity index (χ0n) is 9.99. The van der Waals surface area contributed by atoms with Gasteiger partial charge in [-0.25, -0.2) is 0 Å². The molecule has 1 rings (SSSR count). The standard InChI is InChI=1S/C13H20N2S/c1-3-10(2)8-16-9-11-4-6-12(7-5-11)13(14)15/h4-7,10H,3,8-9H2,1-2H3,(H3,14,15). The molecular formula is C13H20N2S. The molecular weight excluding hydrogens is 216 g/mol. The first-order valence-corrected chi connectivity index (χ1v) is 6.80. The summed E-state index contributed by atoms with van der Waals surface area (Å²) in [5.74, 6) is 3.19. The molecule has 0 amide bonds. The molecule has 2 nitrogen and oxygen atoms in total. The van der Waals surface area contributed by atoms with E-state index in [2.05, 4.69) is 26.0 Å². The summed E-state index contributed by atoms with van der Waals surface area (Å²) in [4.78, 5) is 0. The highest BCUT2D eigenvalue weighted by Gasteiger charge is 2.00. The second-order valence-corrected chi connectivity index (χ2v) is 5.17. The van der Waals surface area contributed by atoms with Crippen LogP contribution in [0.15, 0.2) is 24.3 Å². The van der Waals surface area contributed by atoms with Gasteiger partial charge in [-0.3, -0.25) is 5.41 Å². The summed E-state index contributed by atoms with van der Waals surface area (Å²) >= 11 is 1.97. The van der Waals surface area contributed by atoms with Gasteiger partial charge in [-0.2, -0.15) is 11.8 Å². The van der Waals surface area contributed by atoms with Crippen LogP contribution >= 0.6 is 11.8 Å². The maximum atomic E-state index is 7.30. The molecule has 1 unspecified atom stereocenters. The van der Waals surface area contributed by atoms with Gasteiger partial charge < -0.3 is 5.73 Å². The molecule has 0 aliphatic heterocycles. The third kappa shape index (κ3) is 4.27. The monoisotopic (exact) mass is 236 g/mol. The summed E-state index contributed by atoms with van der Waals surface area (Å²) in [5, 5.41) is 7.30. The van der Waals surface area contributed by atoms with Crippen LogP contribution in [-0.4, -0.2) is 11.6 Å². The van der Waals surface area contributed by atoms with Gasteiger partial charge in [0.2, 0.25) is 0 Å². The van der Waals surface area contributed by atoms with E-state index in [4.69, 9.17) is 11.1 Å². The lowest BCUT2D eigenvalue weighted by Gasteiger charge is -2.08. The molecule has 3 heteroatoms. The number of thioether (sulfide) groups is 1. The van der Waals surface area contributed by atoms with E-state index in [1.165, 1.54) is 17.7 Å². The lowest BCUT2D eigenvalue weighted by atomic mass is 10.1. The molecule has 3 N–H and O–H groups in total. The molecule has 0 aliphatic rings. The molecule has 0 saturated carbocycles. The Kier molecular flexibility index (Phi) is 5.39. The molecule has 0 fully saturated rings. The van der Waals surface area contributed by atoms with Gasteiger partial charge in [0, 0.05) is 11.3 Å². The maximum absolute atomic E-state index is 7.30. The second-order valence-electron chi connectivity index (χ2n) is 4.14. The minimum absolute atomic E-state index is 0.138. The van der Waals surface area contributed by atoms with Gasteiger partial charge >= 0.3 is 0 Å². The molecule has 1 atom stereocenters. The van der Waals surface area contributed by atoms with Crippen molar-refractivity contribution in [2.45, 2.75) is 26.0 Å². The lowest BCUT2D eigenvalue weighted by Crippen LogP contribution is -2.10. The van der Waals surface area contributed by atoms with Gasteiger partial charge in [-0.15, -0.1) is 0 Å². The number of amidine groups is 1. The zero-order valence-corrected chi connectivity index (χ0v) is 10.8. The summed E-state index contributed by atoms with van der Waals surface area (Å²) in [7, 11) is 0. The van der Waals surface area contributed by atoms with E-state index in [9.17, 15) is 0 Å². The van der Waals surface area contributed by atoms with E-state index >= 15 is 0 Å². The highest BCUT2D eigenvalue weighted by molar-refractivity contribution is 7.98. The van der Waals surface area contributed by atoms with Crippen LogP contribution in [0.3, 0.4) is 0 Å². The largest absolute Gasteiger partial charge is 0.384 e. The van der Waals surface area contributed by atoms with Gasteiger partial charge in [0.15, 0.2) is 0 Å². The molecule has 0 saturated heterocycles. The fraction of sp³-hybridized carbons (Fsp3) is 0.462. The van der Waals surface area contributed by atoms with E-state index in [1.807, 2.05) is 23.9 Å². The van der Waals surface area contributed by atoms with Crippen molar-refractivity contribution >= 4 is 17.6 Å². The molecule has 0 heterocycles. The van der Waals surface area contributed by atoms with Crippen LogP contribution in [0.2, 0.25) is 0 Å². The van der Waals surface area contributed by atoms with Crippen molar-refractivity contribution in [3.8, 4) is 0 Å². The van der Waals surface area contributed by atoms with Gasteiger partial charge in [-0.05, 0) is 17.2 Å². The topological polar surface area (TPSA) is 49.9 Å². The fourth-order valence-electron chi connectivity index (χ4n) is 1.28. The lowest BCUT2D eigenvalue weighted by molar-refractivity contribution is 0.637. The van der Waals surface area contributed by atoms with Crippen molar-refractivity contribution < 1.29 is 0 Å². The first-order valence-electron chi connectivity index (χ1n) is 5.64. The molecule has 1 aromatic carbocycles. The Balaban J connectivity index is 2.40. The number of hydrogen-bond acceptors (Lipinski definition) is 2. The minimum atomic E-state index is 0.138. The van der Waals surface area contributed by atoms with Crippen LogP contribution in [0.25, 0.3) is 0 Å². The van der Waals surface area contributed by atoms with Crippen molar-refractivity contribution in [1.29, 1.82) is 5.41 Å². The van der Waals surface area contributed by atoms with Crippen LogP contribution < -0.4 is 5.73 Å². The fourth-order valence-corrected chi connectivity index (χ4v) is 2.46. The second kappa shape index (κ2) is 6.59. The van der Waals surface area contributed by atoms with Crippen LogP contribution in [0.5, 0.6) is 0 Å². The Bertz CT molecular complexity index is 332. The van der Waals surface area contributed by atoms with Crippen LogP contribution in [0, 0.1) is 11.3 Å². The van der Waals surface area contributed by atoms with E-state index in [0.717, 1.165) is 17.2 Å². The molecule has 0 aliphatic carbocycles. The summed E-state index contributed by atoms with van der Waals surface area (Å²) in [6.45, 7) is 4.51. The maximum Gasteiger partial charge on any atom is 0.122 e. The van der Waals surface area contributed by atoms with Crippen LogP contribution in [0.4, 0.5) is 0 Å². The van der Waals surface area contributed by atoms with Gasteiger partial charge in [0.25, 0.3) is 0 Å². The predicted octanol–water partition coefficient (Wildman–Crippen LogP) is 3.25. The Morgan fingerprint density at radius 2 is 2.00 bits per heavy atom. The smallest absolute Gasteiger partial charge is 0.122 e. The number of nitrogen functional groups attached to an aromatic ring is 1. The van der Waals surface area contributed by atoms with E-state index in [1.54, 1.807) is 0 Å². The molecule has 88 valence electrons. The first kappa shape index (κ1) is 13.1. The third-order valence-electron chi connectivity index (χ3n) is 2.63. The molecule has 0 aromatic heterocycles. The summed E-state index contributed by atoms with van der Waals surface area (Å²) < 4.78 is 0. The van der Waals surface area contributed by atoms with E-state index in [0.29, 0.717) is 0 Å². The number of hydrogen-bond donors (Lipinski definition) is 2. The summed E-state index contributed by atoms with van der Waals surface area (Å²) in [5.41, 5.74) is 7.51. The Hall–Kier alpha value is -0.960. The normalized spacial score (nSPS) is 12.4. The first-order chi connectivity index (χ1) is 7.63. The number of benzene rings is 1. The van der Waals surface area contributed by atoms with E-state index < -0.39 is 0 Å². The Morgan fingerprint density at radius 3 is 2.50 bits per heavy atom. The molecule has 0 spiro atoms. The highest BCUT2D eigenvalue weighted by Crippen LogP contribution is 2.17. The summed E-state index contributed by atoms with van der Waals surface area (Å²) in [6.07, 6.45) is 1.25. The van der Waals surface area contributed by atoms with Crippen molar-refractivity contribution in [3.05, 3.63) is 35.4 Å². The Labute approximate surface area is 102 Å². The van der Waals surface area contributed by atoms with Crippen LogP contribution in [0.1, 0.15) is 31.4 Å². The number of nitrogens with one attached hydrogen (secondary N) is 1. The van der Waals surface area contributed by atoms with Gasteiger partial charge in [0.1, 0.15) is 5.84 Å². The zero-order chi connectivity index (χ0) is 12.0. The predicted molar refractivity (Wildman–Crippen MR) is 73.1 cm³/mol. The number of rotatable bonds is 6. The molecule has 16 heavy (non-hydrogen) atoms. The molecule has 0 bridgehead atoms. The average molecular weight is 236 g/mol. The third-order valence-corrected chi connectivity index (χ3v) is 3.98. The Morgan fingerprint density at radius 1 is 1.38 bits per heavy atom. The number of nitrogens with two attached hydrogens (primary N) is 1. The average Bonchev–Trinajstić information content (AvgIpc) is 2.29. The summed E-state index contributed by atoms with van der Waals surface area (Å²) in [6, 6.07) is 7.95. The SMILES string of the molecule is CCC(C)CSCc1ccc(C(=N)N)cc1. The van der Waals surface area contributed by atoms with E-state index in [-0.39, 0.29) is 5.84 Å². The molecule has 1 aromatic rings. The van der Waals surface area contributed by atoms with Crippen molar-refractivity contribution in [3.63, 3.8) is 0 Å². The molecule has 0 radical (unpaired) electrons. The van der Waals surface area contributed by atoms with Crippen molar-refractivity contribution in [2.24, 2.45) is 11.7 Å². The van der Waals surface area contributed by atoms with Gasteiger partial charge in [0.05, 0.1) is 0 Å².